The van der Waals surface area contributed by atoms with E-state index in [9.17, 15) is 10.1 Å². The molecule has 0 bridgehead atoms. The predicted octanol–water partition coefficient (Wildman–Crippen LogP) is 3.70. The quantitative estimate of drug-likeness (QED) is 0.686. The fourth-order valence-corrected chi connectivity index (χ4v) is 2.82. The number of nitrogens with one attached hydrogen (secondary N) is 1. The van der Waals surface area contributed by atoms with Crippen LogP contribution in [0.2, 0.25) is 0 Å². The molecular formula is C16H16N2O3. The Kier molecular flexibility index (Phi) is 3.48. The zero-order chi connectivity index (χ0) is 14.8. The van der Waals surface area contributed by atoms with E-state index in [4.69, 9.17) is 4.74 Å². The average molecular weight is 284 g/mol. The molecule has 5 nitrogen and oxygen atoms in total. The van der Waals surface area contributed by atoms with Gasteiger partial charge < -0.3 is 10.1 Å². The Morgan fingerprint density at radius 2 is 2.10 bits per heavy atom. The van der Waals surface area contributed by atoms with E-state index in [0.29, 0.717) is 11.4 Å². The van der Waals surface area contributed by atoms with Gasteiger partial charge in [-0.15, -0.1) is 0 Å². The number of nitro benzene ring substituents is 1. The van der Waals surface area contributed by atoms with Gasteiger partial charge in [0.25, 0.3) is 5.69 Å². The second kappa shape index (κ2) is 5.44. The number of nitro groups is 1. The lowest BCUT2D eigenvalue weighted by atomic mass is 10.1. The Labute approximate surface area is 122 Å². The van der Waals surface area contributed by atoms with Gasteiger partial charge in [0.2, 0.25) is 0 Å². The highest BCUT2D eigenvalue weighted by atomic mass is 16.6. The zero-order valence-corrected chi connectivity index (χ0v) is 11.7. The Hall–Kier alpha value is -2.56. The minimum Gasteiger partial charge on any atom is -0.495 e. The molecule has 1 aliphatic rings. The fraction of sp³-hybridized carbons (Fsp3) is 0.250. The molecule has 5 heteroatoms. The van der Waals surface area contributed by atoms with Gasteiger partial charge in [-0.3, -0.25) is 10.1 Å². The lowest BCUT2D eigenvalue weighted by Gasteiger charge is -2.17. The minimum atomic E-state index is -0.396. The van der Waals surface area contributed by atoms with Gasteiger partial charge >= 0.3 is 0 Å². The third kappa shape index (κ3) is 2.54. The molecule has 0 radical (unpaired) electrons. The maximum atomic E-state index is 10.9. The van der Waals surface area contributed by atoms with Crippen molar-refractivity contribution in [2.45, 2.75) is 18.9 Å². The van der Waals surface area contributed by atoms with Crippen LogP contribution >= 0.6 is 0 Å². The van der Waals surface area contributed by atoms with Gasteiger partial charge in [0, 0.05) is 12.1 Å². The molecule has 1 unspecified atom stereocenters. The fourth-order valence-electron chi connectivity index (χ4n) is 2.82. The summed E-state index contributed by atoms with van der Waals surface area (Å²) >= 11 is 0. The van der Waals surface area contributed by atoms with Gasteiger partial charge in [-0.2, -0.15) is 0 Å². The molecule has 21 heavy (non-hydrogen) atoms. The molecular weight excluding hydrogens is 268 g/mol. The van der Waals surface area contributed by atoms with Crippen LogP contribution in [0.5, 0.6) is 5.75 Å². The van der Waals surface area contributed by atoms with Crippen molar-refractivity contribution in [3.05, 3.63) is 63.7 Å². The van der Waals surface area contributed by atoms with Crippen molar-refractivity contribution in [2.24, 2.45) is 0 Å². The van der Waals surface area contributed by atoms with E-state index >= 15 is 0 Å². The van der Waals surface area contributed by atoms with E-state index in [1.165, 1.54) is 23.3 Å². The van der Waals surface area contributed by atoms with Crippen LogP contribution in [0.15, 0.2) is 42.5 Å². The first-order chi connectivity index (χ1) is 10.2. The summed E-state index contributed by atoms with van der Waals surface area (Å²) in [6, 6.07) is 13.1. The monoisotopic (exact) mass is 284 g/mol. The summed E-state index contributed by atoms with van der Waals surface area (Å²) in [6.45, 7) is 0. The highest BCUT2D eigenvalue weighted by molar-refractivity contribution is 5.63. The normalized spacial score (nSPS) is 16.3. The summed E-state index contributed by atoms with van der Waals surface area (Å²) < 4.78 is 5.29. The maximum absolute atomic E-state index is 10.9. The lowest BCUT2D eigenvalue weighted by Crippen LogP contribution is -2.08. The molecule has 0 amide bonds. The van der Waals surface area contributed by atoms with E-state index in [1.54, 1.807) is 13.2 Å². The van der Waals surface area contributed by atoms with Gasteiger partial charge in [0.05, 0.1) is 23.8 Å². The Bertz CT molecular complexity index is 685. The third-order valence-corrected chi connectivity index (χ3v) is 3.86. The summed E-state index contributed by atoms with van der Waals surface area (Å²) in [5, 5.41) is 14.3. The molecule has 108 valence electrons. The van der Waals surface area contributed by atoms with Gasteiger partial charge in [-0.05, 0) is 30.0 Å². The van der Waals surface area contributed by atoms with Crippen LogP contribution in [0.1, 0.15) is 23.6 Å². The smallest absolute Gasteiger partial charge is 0.271 e. The number of ether oxygens (including phenoxy) is 1. The van der Waals surface area contributed by atoms with Crippen molar-refractivity contribution in [3.63, 3.8) is 0 Å². The second-order valence-electron chi connectivity index (χ2n) is 5.08. The Morgan fingerprint density at radius 1 is 1.29 bits per heavy atom. The Morgan fingerprint density at radius 3 is 2.86 bits per heavy atom. The topological polar surface area (TPSA) is 64.4 Å². The largest absolute Gasteiger partial charge is 0.495 e. The minimum absolute atomic E-state index is 0.0598. The highest BCUT2D eigenvalue weighted by Crippen LogP contribution is 2.37. The number of non-ortho nitro benzene ring substituents is 1. The van der Waals surface area contributed by atoms with Crippen molar-refractivity contribution in [1.82, 2.24) is 0 Å². The molecule has 3 rings (SSSR count). The highest BCUT2D eigenvalue weighted by Gasteiger charge is 2.23. The number of nitrogens with zero attached hydrogens (tertiary/aromatic N) is 1. The van der Waals surface area contributed by atoms with Crippen LogP contribution in [0.25, 0.3) is 0 Å². The van der Waals surface area contributed by atoms with E-state index in [-0.39, 0.29) is 11.7 Å². The van der Waals surface area contributed by atoms with Crippen LogP contribution in [0, 0.1) is 10.1 Å². The summed E-state index contributed by atoms with van der Waals surface area (Å²) in [5.74, 6) is 0.616. The molecule has 0 fully saturated rings. The number of hydrogen-bond donors (Lipinski definition) is 1. The van der Waals surface area contributed by atoms with Crippen LogP contribution in [0.3, 0.4) is 0 Å². The molecule has 0 heterocycles. The van der Waals surface area contributed by atoms with E-state index < -0.39 is 4.92 Å². The van der Waals surface area contributed by atoms with Crippen LogP contribution in [-0.2, 0) is 6.42 Å². The average Bonchev–Trinajstić information content (AvgIpc) is 2.90. The summed E-state index contributed by atoms with van der Waals surface area (Å²) in [5.41, 5.74) is 3.31. The predicted molar refractivity (Wildman–Crippen MR) is 80.8 cm³/mol. The van der Waals surface area contributed by atoms with Gasteiger partial charge in [-0.25, -0.2) is 0 Å². The first kappa shape index (κ1) is 13.4. The van der Waals surface area contributed by atoms with E-state index in [2.05, 4.69) is 17.4 Å². The summed E-state index contributed by atoms with van der Waals surface area (Å²) in [4.78, 5) is 10.5. The first-order valence-corrected chi connectivity index (χ1v) is 6.86. The van der Waals surface area contributed by atoms with Crippen molar-refractivity contribution in [1.29, 1.82) is 0 Å². The maximum Gasteiger partial charge on any atom is 0.271 e. The molecule has 0 saturated heterocycles. The molecule has 1 atom stereocenters. The summed E-state index contributed by atoms with van der Waals surface area (Å²) in [7, 11) is 1.56. The molecule has 2 aromatic rings. The molecule has 1 N–H and O–H groups in total. The zero-order valence-electron chi connectivity index (χ0n) is 11.7. The molecule has 0 saturated carbocycles. The number of rotatable bonds is 4. The SMILES string of the molecule is COc1ccc([N+](=O)[O-])cc1NC1CCc2ccccc21. The number of anilines is 1. The number of benzene rings is 2. The van der Waals surface area contributed by atoms with Gasteiger partial charge in [-0.1, -0.05) is 24.3 Å². The van der Waals surface area contributed by atoms with Gasteiger partial charge in [0.15, 0.2) is 0 Å². The molecule has 0 aliphatic heterocycles. The van der Waals surface area contributed by atoms with Crippen molar-refractivity contribution < 1.29 is 9.66 Å². The molecule has 0 spiro atoms. The number of hydrogen-bond acceptors (Lipinski definition) is 4. The van der Waals surface area contributed by atoms with Crippen molar-refractivity contribution >= 4 is 11.4 Å². The van der Waals surface area contributed by atoms with Crippen LogP contribution in [-0.4, -0.2) is 12.0 Å². The van der Waals surface area contributed by atoms with Crippen molar-refractivity contribution in [2.75, 3.05) is 12.4 Å². The summed E-state index contributed by atoms with van der Waals surface area (Å²) in [6.07, 6.45) is 2.00. The first-order valence-electron chi connectivity index (χ1n) is 6.86. The van der Waals surface area contributed by atoms with Crippen molar-refractivity contribution in [3.8, 4) is 5.75 Å². The standard InChI is InChI=1S/C16H16N2O3/c1-21-16-9-7-12(18(19)20)10-15(16)17-14-8-6-11-4-2-3-5-13(11)14/h2-5,7,9-10,14,17H,6,8H2,1H3. The number of aryl methyl sites for hydroxylation is 1. The van der Waals surface area contributed by atoms with E-state index in [0.717, 1.165) is 12.8 Å². The van der Waals surface area contributed by atoms with Gasteiger partial charge in [0.1, 0.15) is 5.75 Å². The third-order valence-electron chi connectivity index (χ3n) is 3.86. The second-order valence-corrected chi connectivity index (χ2v) is 5.08. The van der Waals surface area contributed by atoms with E-state index in [1.807, 2.05) is 12.1 Å². The number of fused-ring (bicyclic) bond motifs is 1. The van der Waals surface area contributed by atoms with Crippen LogP contribution < -0.4 is 10.1 Å². The molecule has 2 aromatic carbocycles. The molecule has 0 aromatic heterocycles. The number of methoxy groups -OCH3 is 1. The lowest BCUT2D eigenvalue weighted by molar-refractivity contribution is -0.384. The van der Waals surface area contributed by atoms with Crippen LogP contribution in [0.4, 0.5) is 11.4 Å². The Balaban J connectivity index is 1.91. The molecule has 1 aliphatic carbocycles.